The van der Waals surface area contributed by atoms with Crippen LogP contribution in [0.1, 0.15) is 12.5 Å². The van der Waals surface area contributed by atoms with Gasteiger partial charge in [0.1, 0.15) is 5.75 Å². The van der Waals surface area contributed by atoms with Crippen LogP contribution in [0.5, 0.6) is 17.2 Å². The van der Waals surface area contributed by atoms with Gasteiger partial charge in [0.05, 0.1) is 45.8 Å². The van der Waals surface area contributed by atoms with Gasteiger partial charge in [-0.3, -0.25) is 5.01 Å². The van der Waals surface area contributed by atoms with Gasteiger partial charge in [0.25, 0.3) is 0 Å². The molecule has 0 atom stereocenters. The maximum atomic E-state index is 5.55. The second-order valence-electron chi connectivity index (χ2n) is 6.20. The van der Waals surface area contributed by atoms with Gasteiger partial charge in [0, 0.05) is 13.1 Å². The molecule has 0 amide bonds. The third-order valence-electron chi connectivity index (χ3n) is 4.54. The molecule has 144 valence electrons. The number of para-hydroxylation sites is 2. The van der Waals surface area contributed by atoms with Crippen molar-refractivity contribution in [2.45, 2.75) is 6.92 Å². The molecular formula is C21H27N3O3. The summed E-state index contributed by atoms with van der Waals surface area (Å²) < 4.78 is 16.4. The van der Waals surface area contributed by atoms with Crippen LogP contribution in [0.2, 0.25) is 0 Å². The average molecular weight is 369 g/mol. The summed E-state index contributed by atoms with van der Waals surface area (Å²) in [5.74, 6) is 2.39. The zero-order valence-electron chi connectivity index (χ0n) is 16.2. The first-order valence-corrected chi connectivity index (χ1v) is 9.23. The topological polar surface area (TPSA) is 46.5 Å². The van der Waals surface area contributed by atoms with E-state index in [1.807, 2.05) is 49.5 Å². The van der Waals surface area contributed by atoms with Gasteiger partial charge < -0.3 is 19.1 Å². The van der Waals surface area contributed by atoms with Crippen molar-refractivity contribution in [1.29, 1.82) is 0 Å². The second kappa shape index (κ2) is 9.16. The molecule has 1 aliphatic rings. The van der Waals surface area contributed by atoms with Gasteiger partial charge in [-0.2, -0.15) is 5.10 Å². The number of hydrogen-bond donors (Lipinski definition) is 0. The predicted molar refractivity (Wildman–Crippen MR) is 109 cm³/mol. The number of anilines is 1. The summed E-state index contributed by atoms with van der Waals surface area (Å²) in [6.45, 7) is 6.11. The fourth-order valence-corrected chi connectivity index (χ4v) is 3.13. The van der Waals surface area contributed by atoms with Crippen LogP contribution in [0, 0.1) is 0 Å². The van der Waals surface area contributed by atoms with Gasteiger partial charge in [0.15, 0.2) is 11.5 Å². The van der Waals surface area contributed by atoms with Crippen molar-refractivity contribution in [2.75, 3.05) is 51.9 Å². The molecule has 0 aromatic heterocycles. The Balaban J connectivity index is 1.60. The lowest BCUT2D eigenvalue weighted by Crippen LogP contribution is -2.44. The molecule has 1 saturated heterocycles. The maximum absolute atomic E-state index is 5.55. The number of piperazine rings is 1. The van der Waals surface area contributed by atoms with E-state index in [9.17, 15) is 0 Å². The van der Waals surface area contributed by atoms with Crippen LogP contribution in [-0.4, -0.2) is 58.2 Å². The number of nitrogens with zero attached hydrogens (tertiary/aromatic N) is 3. The molecule has 1 aliphatic heterocycles. The molecule has 0 aliphatic carbocycles. The second-order valence-corrected chi connectivity index (χ2v) is 6.20. The van der Waals surface area contributed by atoms with E-state index in [0.717, 1.165) is 54.7 Å². The Hall–Kier alpha value is -2.89. The van der Waals surface area contributed by atoms with E-state index in [2.05, 4.69) is 21.1 Å². The standard InChI is InChI=1S/C21H27N3O3/c1-4-27-20-10-9-17(15-21(20)26-3)16-22-24-13-11-23(12-14-24)18-7-5-6-8-19(18)25-2/h5-10,15-16H,4,11-14H2,1-3H3/b22-16+. The minimum absolute atomic E-state index is 0.611. The molecule has 0 spiro atoms. The van der Waals surface area contributed by atoms with Crippen molar-refractivity contribution in [2.24, 2.45) is 5.10 Å². The summed E-state index contributed by atoms with van der Waals surface area (Å²) in [4.78, 5) is 2.34. The first-order chi connectivity index (χ1) is 13.2. The summed E-state index contributed by atoms with van der Waals surface area (Å²) >= 11 is 0. The van der Waals surface area contributed by atoms with Gasteiger partial charge in [0.2, 0.25) is 0 Å². The van der Waals surface area contributed by atoms with Crippen molar-refractivity contribution < 1.29 is 14.2 Å². The van der Waals surface area contributed by atoms with Crippen LogP contribution in [0.4, 0.5) is 5.69 Å². The van der Waals surface area contributed by atoms with E-state index in [1.54, 1.807) is 14.2 Å². The van der Waals surface area contributed by atoms with Gasteiger partial charge in [-0.15, -0.1) is 0 Å². The molecule has 3 rings (SSSR count). The average Bonchev–Trinajstić information content (AvgIpc) is 2.73. The zero-order valence-corrected chi connectivity index (χ0v) is 16.2. The van der Waals surface area contributed by atoms with Crippen molar-refractivity contribution in [3.8, 4) is 17.2 Å². The largest absolute Gasteiger partial charge is 0.495 e. The first-order valence-electron chi connectivity index (χ1n) is 9.23. The van der Waals surface area contributed by atoms with Gasteiger partial charge >= 0.3 is 0 Å². The van der Waals surface area contributed by atoms with Crippen LogP contribution in [-0.2, 0) is 0 Å². The third kappa shape index (κ3) is 4.64. The molecule has 2 aromatic carbocycles. The highest BCUT2D eigenvalue weighted by Gasteiger charge is 2.18. The molecule has 0 bridgehead atoms. The number of ether oxygens (including phenoxy) is 3. The molecular weight excluding hydrogens is 342 g/mol. The van der Waals surface area contributed by atoms with Crippen molar-refractivity contribution in [1.82, 2.24) is 5.01 Å². The van der Waals surface area contributed by atoms with E-state index in [0.29, 0.717) is 6.61 Å². The van der Waals surface area contributed by atoms with E-state index in [-0.39, 0.29) is 0 Å². The number of hydrogen-bond acceptors (Lipinski definition) is 6. The van der Waals surface area contributed by atoms with E-state index >= 15 is 0 Å². The molecule has 27 heavy (non-hydrogen) atoms. The molecule has 0 radical (unpaired) electrons. The highest BCUT2D eigenvalue weighted by Crippen LogP contribution is 2.29. The monoisotopic (exact) mass is 369 g/mol. The number of rotatable bonds is 7. The van der Waals surface area contributed by atoms with Crippen molar-refractivity contribution >= 4 is 11.9 Å². The fraction of sp³-hybridized carbons (Fsp3) is 0.381. The van der Waals surface area contributed by atoms with E-state index < -0.39 is 0 Å². The Morgan fingerprint density at radius 1 is 0.926 bits per heavy atom. The SMILES string of the molecule is CCOc1ccc(/C=N/N2CCN(c3ccccc3OC)CC2)cc1OC. The minimum Gasteiger partial charge on any atom is -0.495 e. The molecule has 0 saturated carbocycles. The lowest BCUT2D eigenvalue weighted by molar-refractivity contribution is 0.271. The van der Waals surface area contributed by atoms with E-state index in [4.69, 9.17) is 14.2 Å². The first kappa shape index (κ1) is 18.9. The predicted octanol–water partition coefficient (Wildman–Crippen LogP) is 3.26. The highest BCUT2D eigenvalue weighted by molar-refractivity contribution is 5.80. The van der Waals surface area contributed by atoms with E-state index in [1.165, 1.54) is 0 Å². The number of methoxy groups -OCH3 is 2. The van der Waals surface area contributed by atoms with Gasteiger partial charge in [-0.25, -0.2) is 0 Å². The van der Waals surface area contributed by atoms with Crippen LogP contribution in [0.3, 0.4) is 0 Å². The lowest BCUT2D eigenvalue weighted by atomic mass is 10.2. The molecule has 0 N–H and O–H groups in total. The van der Waals surface area contributed by atoms with Crippen LogP contribution >= 0.6 is 0 Å². The van der Waals surface area contributed by atoms with Gasteiger partial charge in [-0.05, 0) is 42.8 Å². The molecule has 6 nitrogen and oxygen atoms in total. The Kier molecular flexibility index (Phi) is 6.41. The van der Waals surface area contributed by atoms with Crippen LogP contribution in [0.15, 0.2) is 47.6 Å². The maximum Gasteiger partial charge on any atom is 0.161 e. The Bertz CT molecular complexity index is 771. The molecule has 1 fully saturated rings. The van der Waals surface area contributed by atoms with Crippen molar-refractivity contribution in [3.05, 3.63) is 48.0 Å². The summed E-state index contributed by atoms with van der Waals surface area (Å²) in [6, 6.07) is 14.0. The smallest absolute Gasteiger partial charge is 0.161 e. The normalized spacial score (nSPS) is 14.5. The molecule has 6 heteroatoms. The molecule has 1 heterocycles. The van der Waals surface area contributed by atoms with Crippen LogP contribution < -0.4 is 19.1 Å². The Labute approximate surface area is 160 Å². The minimum atomic E-state index is 0.611. The van der Waals surface area contributed by atoms with Crippen LogP contribution in [0.25, 0.3) is 0 Å². The number of hydrazone groups is 1. The third-order valence-corrected chi connectivity index (χ3v) is 4.54. The highest BCUT2D eigenvalue weighted by atomic mass is 16.5. The zero-order chi connectivity index (χ0) is 19.1. The summed E-state index contributed by atoms with van der Waals surface area (Å²) in [5.41, 5.74) is 2.13. The Morgan fingerprint density at radius 3 is 2.37 bits per heavy atom. The Morgan fingerprint density at radius 2 is 1.67 bits per heavy atom. The molecule has 2 aromatic rings. The molecule has 0 unspecified atom stereocenters. The summed E-state index contributed by atoms with van der Waals surface area (Å²) in [7, 11) is 3.36. The summed E-state index contributed by atoms with van der Waals surface area (Å²) in [6.07, 6.45) is 1.87. The fourth-order valence-electron chi connectivity index (χ4n) is 3.13. The summed E-state index contributed by atoms with van der Waals surface area (Å²) in [5, 5.41) is 6.72. The number of benzene rings is 2. The quantitative estimate of drug-likeness (QED) is 0.701. The lowest BCUT2D eigenvalue weighted by Gasteiger charge is -2.35. The van der Waals surface area contributed by atoms with Gasteiger partial charge in [-0.1, -0.05) is 12.1 Å². The van der Waals surface area contributed by atoms with Crippen molar-refractivity contribution in [3.63, 3.8) is 0 Å².